The molecule has 22 heavy (non-hydrogen) atoms. The molecule has 124 valence electrons. The van der Waals surface area contributed by atoms with Gasteiger partial charge in [0.15, 0.2) is 0 Å². The number of urea groups is 1. The summed E-state index contributed by atoms with van der Waals surface area (Å²) in [5, 5.41) is 2.63. The fourth-order valence-corrected chi connectivity index (χ4v) is 2.95. The third kappa shape index (κ3) is 3.58. The highest BCUT2D eigenvalue weighted by Crippen LogP contribution is 2.18. The lowest BCUT2D eigenvalue weighted by Gasteiger charge is -2.35. The monoisotopic (exact) mass is 311 g/mol. The van der Waals surface area contributed by atoms with Gasteiger partial charge in [-0.05, 0) is 34.1 Å². The summed E-state index contributed by atoms with van der Waals surface area (Å²) in [4.78, 5) is 39.0. The summed E-state index contributed by atoms with van der Waals surface area (Å²) in [5.74, 6) is -0.188. The van der Waals surface area contributed by atoms with Crippen LogP contribution in [-0.2, 0) is 14.3 Å². The van der Waals surface area contributed by atoms with Crippen molar-refractivity contribution in [3.63, 3.8) is 0 Å². The summed E-state index contributed by atoms with van der Waals surface area (Å²) in [6.45, 7) is 8.72. The average Bonchev–Trinajstić information content (AvgIpc) is 2.59. The second-order valence-corrected chi connectivity index (χ2v) is 6.67. The SMILES string of the molecule is C[C@@H]1CN(C(=O)CCCN2C(=O)NC(C)(C)C2=O)C[C@@H](C)O1. The van der Waals surface area contributed by atoms with E-state index in [4.69, 9.17) is 4.74 Å². The predicted octanol–water partition coefficient (Wildman–Crippen LogP) is 0.733. The van der Waals surface area contributed by atoms with E-state index in [1.165, 1.54) is 4.90 Å². The Kier molecular flexibility index (Phi) is 4.75. The first-order chi connectivity index (χ1) is 10.2. The Balaban J connectivity index is 1.80. The minimum Gasteiger partial charge on any atom is -0.372 e. The highest BCUT2D eigenvalue weighted by atomic mass is 16.5. The first-order valence-electron chi connectivity index (χ1n) is 7.78. The quantitative estimate of drug-likeness (QED) is 0.777. The van der Waals surface area contributed by atoms with Crippen LogP contribution in [0.5, 0.6) is 0 Å². The number of hydrogen-bond donors (Lipinski definition) is 1. The third-order valence-corrected chi connectivity index (χ3v) is 3.99. The molecule has 2 rings (SSSR count). The molecule has 2 heterocycles. The van der Waals surface area contributed by atoms with Crippen LogP contribution in [0.1, 0.15) is 40.5 Å². The van der Waals surface area contributed by atoms with Gasteiger partial charge in [-0.1, -0.05) is 0 Å². The maximum absolute atomic E-state index is 12.2. The van der Waals surface area contributed by atoms with E-state index in [9.17, 15) is 14.4 Å². The van der Waals surface area contributed by atoms with Crippen LogP contribution in [0.15, 0.2) is 0 Å². The van der Waals surface area contributed by atoms with Crippen LogP contribution in [0.25, 0.3) is 0 Å². The molecule has 2 atom stereocenters. The molecule has 0 unspecified atom stereocenters. The Morgan fingerprint density at radius 2 is 1.86 bits per heavy atom. The molecule has 2 saturated heterocycles. The average molecular weight is 311 g/mol. The number of ether oxygens (including phenoxy) is 1. The molecule has 0 radical (unpaired) electrons. The number of carbonyl (C=O) groups excluding carboxylic acids is 3. The van der Waals surface area contributed by atoms with Crippen molar-refractivity contribution >= 4 is 17.8 Å². The first-order valence-corrected chi connectivity index (χ1v) is 7.78. The standard InChI is InChI=1S/C15H25N3O4/c1-10-8-17(9-11(2)22-10)12(19)6-5-7-18-13(20)15(3,4)16-14(18)21/h10-11H,5-9H2,1-4H3,(H,16,21)/t10-,11-/m1/s1. The van der Waals surface area contributed by atoms with Gasteiger partial charge in [0.2, 0.25) is 5.91 Å². The summed E-state index contributed by atoms with van der Waals surface area (Å²) in [6, 6.07) is -0.379. The summed E-state index contributed by atoms with van der Waals surface area (Å²) in [5.41, 5.74) is -0.851. The lowest BCUT2D eigenvalue weighted by Crippen LogP contribution is -2.48. The van der Waals surface area contributed by atoms with Crippen LogP contribution < -0.4 is 5.32 Å². The molecular weight excluding hydrogens is 286 g/mol. The number of hydrogen-bond acceptors (Lipinski definition) is 4. The van der Waals surface area contributed by atoms with Crippen LogP contribution in [0.2, 0.25) is 0 Å². The van der Waals surface area contributed by atoms with Crippen LogP contribution >= 0.6 is 0 Å². The van der Waals surface area contributed by atoms with Crippen molar-refractivity contribution in [1.82, 2.24) is 15.1 Å². The Labute approximate surface area is 131 Å². The van der Waals surface area contributed by atoms with Gasteiger partial charge in [0.05, 0.1) is 12.2 Å². The molecule has 0 aromatic carbocycles. The van der Waals surface area contributed by atoms with Gasteiger partial charge in [-0.15, -0.1) is 0 Å². The molecule has 7 heteroatoms. The van der Waals surface area contributed by atoms with Crippen molar-refractivity contribution in [3.8, 4) is 0 Å². The highest BCUT2D eigenvalue weighted by Gasteiger charge is 2.43. The zero-order chi connectivity index (χ0) is 16.5. The Bertz CT molecular complexity index is 467. The molecule has 0 aromatic rings. The molecule has 0 spiro atoms. The lowest BCUT2D eigenvalue weighted by atomic mass is 10.1. The zero-order valence-electron chi connectivity index (χ0n) is 13.7. The second-order valence-electron chi connectivity index (χ2n) is 6.67. The van der Waals surface area contributed by atoms with E-state index >= 15 is 0 Å². The van der Waals surface area contributed by atoms with Crippen LogP contribution in [0.4, 0.5) is 4.79 Å². The Morgan fingerprint density at radius 1 is 1.27 bits per heavy atom. The molecule has 0 saturated carbocycles. The molecule has 2 aliphatic heterocycles. The first kappa shape index (κ1) is 16.7. The van der Waals surface area contributed by atoms with E-state index in [0.717, 1.165) is 0 Å². The molecule has 2 aliphatic rings. The van der Waals surface area contributed by atoms with E-state index in [1.807, 2.05) is 13.8 Å². The molecule has 4 amide bonds. The Hall–Kier alpha value is -1.63. The summed E-state index contributed by atoms with van der Waals surface area (Å²) < 4.78 is 5.60. The highest BCUT2D eigenvalue weighted by molar-refractivity contribution is 6.06. The molecular formula is C15H25N3O4. The Morgan fingerprint density at radius 3 is 2.36 bits per heavy atom. The van der Waals surface area contributed by atoms with E-state index in [2.05, 4.69) is 5.32 Å². The number of amides is 4. The largest absolute Gasteiger partial charge is 0.372 e. The molecule has 0 aliphatic carbocycles. The van der Waals surface area contributed by atoms with Gasteiger partial charge in [-0.25, -0.2) is 4.79 Å². The summed E-state index contributed by atoms with van der Waals surface area (Å²) in [6.07, 6.45) is 0.893. The number of nitrogens with one attached hydrogen (secondary N) is 1. The molecule has 7 nitrogen and oxygen atoms in total. The minimum atomic E-state index is -0.851. The van der Waals surface area contributed by atoms with Gasteiger partial charge in [-0.2, -0.15) is 0 Å². The fraction of sp³-hybridized carbons (Fsp3) is 0.800. The van der Waals surface area contributed by atoms with Crippen LogP contribution in [0, 0.1) is 0 Å². The van der Waals surface area contributed by atoms with Crippen molar-refractivity contribution in [3.05, 3.63) is 0 Å². The minimum absolute atomic E-state index is 0.0411. The molecule has 1 N–H and O–H groups in total. The second kappa shape index (κ2) is 6.24. The lowest BCUT2D eigenvalue weighted by molar-refractivity contribution is -0.143. The van der Waals surface area contributed by atoms with Gasteiger partial charge in [0.25, 0.3) is 5.91 Å². The van der Waals surface area contributed by atoms with Crippen LogP contribution in [-0.4, -0.2) is 65.0 Å². The van der Waals surface area contributed by atoms with Gasteiger partial charge in [0, 0.05) is 26.1 Å². The van der Waals surface area contributed by atoms with Gasteiger partial charge in [-0.3, -0.25) is 14.5 Å². The normalized spacial score (nSPS) is 28.0. The van der Waals surface area contributed by atoms with E-state index < -0.39 is 5.54 Å². The van der Waals surface area contributed by atoms with Crippen molar-refractivity contribution < 1.29 is 19.1 Å². The van der Waals surface area contributed by atoms with Crippen molar-refractivity contribution in [2.45, 2.75) is 58.3 Å². The topological polar surface area (TPSA) is 79.0 Å². The number of imide groups is 1. The van der Waals surface area contributed by atoms with Gasteiger partial charge < -0.3 is 15.0 Å². The van der Waals surface area contributed by atoms with Crippen LogP contribution in [0.3, 0.4) is 0 Å². The summed E-state index contributed by atoms with van der Waals surface area (Å²) in [7, 11) is 0. The number of carbonyl (C=O) groups is 3. The number of rotatable bonds is 4. The van der Waals surface area contributed by atoms with Crippen molar-refractivity contribution in [2.75, 3.05) is 19.6 Å². The van der Waals surface area contributed by atoms with E-state index in [0.29, 0.717) is 25.9 Å². The summed E-state index contributed by atoms with van der Waals surface area (Å²) >= 11 is 0. The maximum Gasteiger partial charge on any atom is 0.325 e. The zero-order valence-corrected chi connectivity index (χ0v) is 13.7. The third-order valence-electron chi connectivity index (χ3n) is 3.99. The van der Waals surface area contributed by atoms with Gasteiger partial charge in [0.1, 0.15) is 5.54 Å². The molecule has 0 aromatic heterocycles. The number of nitrogens with zero attached hydrogens (tertiary/aromatic N) is 2. The fourth-order valence-electron chi connectivity index (χ4n) is 2.95. The maximum atomic E-state index is 12.2. The van der Waals surface area contributed by atoms with Crippen molar-refractivity contribution in [2.24, 2.45) is 0 Å². The van der Waals surface area contributed by atoms with Gasteiger partial charge >= 0.3 is 6.03 Å². The molecule has 2 fully saturated rings. The number of morpholine rings is 1. The predicted molar refractivity (Wildman–Crippen MR) is 80.1 cm³/mol. The van der Waals surface area contributed by atoms with E-state index in [1.54, 1.807) is 18.7 Å². The van der Waals surface area contributed by atoms with E-state index in [-0.39, 0.29) is 36.6 Å². The molecule has 0 bridgehead atoms. The smallest absolute Gasteiger partial charge is 0.325 e. The van der Waals surface area contributed by atoms with Crippen molar-refractivity contribution in [1.29, 1.82) is 0 Å².